The number of aromatic nitrogens is 1. The molecule has 0 aliphatic carbocycles. The van der Waals surface area contributed by atoms with Crippen LogP contribution in [0.5, 0.6) is 0 Å². The first-order valence-electron chi connectivity index (χ1n) is 3.79. The van der Waals surface area contributed by atoms with Gasteiger partial charge < -0.3 is 4.74 Å². The summed E-state index contributed by atoms with van der Waals surface area (Å²) >= 11 is 0. The molecule has 1 heterocycles. The molecule has 0 unspecified atom stereocenters. The Balaban J connectivity index is 2.88. The Morgan fingerprint density at radius 1 is 1.71 bits per heavy atom. The van der Waals surface area contributed by atoms with Crippen molar-refractivity contribution in [2.24, 2.45) is 0 Å². The lowest BCUT2D eigenvalue weighted by Gasteiger charge is -1.99. The second kappa shape index (κ2) is 4.33. The molecule has 0 N–H and O–H groups in total. The fourth-order valence-corrected chi connectivity index (χ4v) is 0.874. The summed E-state index contributed by atoms with van der Waals surface area (Å²) in [7, 11) is 1.24. The van der Waals surface area contributed by atoms with Crippen LogP contribution in [0.15, 0.2) is 12.1 Å². The molecule has 0 aliphatic rings. The molecule has 72 valence electrons. The maximum Gasteiger partial charge on any atom is 0.311 e. The molecule has 0 atom stereocenters. The molecule has 4 nitrogen and oxygen atoms in total. The van der Waals surface area contributed by atoms with Crippen LogP contribution >= 0.6 is 0 Å². The molecule has 1 aromatic heterocycles. The zero-order chi connectivity index (χ0) is 10.6. The lowest BCUT2D eigenvalue weighted by atomic mass is 10.2. The van der Waals surface area contributed by atoms with Gasteiger partial charge in [-0.1, -0.05) is 0 Å². The Labute approximate surface area is 79.9 Å². The van der Waals surface area contributed by atoms with Gasteiger partial charge in [-0.2, -0.15) is 9.65 Å². The number of hydrogen-bond acceptors (Lipinski definition) is 4. The van der Waals surface area contributed by atoms with Crippen molar-refractivity contribution < 1.29 is 13.9 Å². The van der Waals surface area contributed by atoms with Crippen LogP contribution < -0.4 is 0 Å². The van der Waals surface area contributed by atoms with E-state index in [-0.39, 0.29) is 17.7 Å². The Morgan fingerprint density at radius 3 is 2.93 bits per heavy atom. The van der Waals surface area contributed by atoms with Crippen molar-refractivity contribution in [2.45, 2.75) is 6.42 Å². The zero-order valence-corrected chi connectivity index (χ0v) is 7.45. The summed E-state index contributed by atoms with van der Waals surface area (Å²) < 4.78 is 17.3. The monoisotopic (exact) mass is 194 g/mol. The molecule has 1 rings (SSSR count). The number of methoxy groups -OCH3 is 1. The number of esters is 1. The van der Waals surface area contributed by atoms with Crippen molar-refractivity contribution in [1.29, 1.82) is 5.26 Å². The van der Waals surface area contributed by atoms with Crippen LogP contribution in [0.1, 0.15) is 11.3 Å². The standard InChI is InChI=1S/C9H7FN2O2/c1-14-8(13)4-7-3-2-6(5-11)9(10)12-7/h2-3H,4H2,1H3. The van der Waals surface area contributed by atoms with Gasteiger partial charge in [-0.3, -0.25) is 4.79 Å². The van der Waals surface area contributed by atoms with E-state index in [1.165, 1.54) is 19.2 Å². The molecule has 0 saturated carbocycles. The van der Waals surface area contributed by atoms with E-state index in [1.54, 1.807) is 6.07 Å². The van der Waals surface area contributed by atoms with Gasteiger partial charge in [-0.15, -0.1) is 0 Å². The highest BCUT2D eigenvalue weighted by Gasteiger charge is 2.08. The SMILES string of the molecule is COC(=O)Cc1ccc(C#N)c(F)n1. The van der Waals surface area contributed by atoms with Crippen molar-refractivity contribution in [3.05, 3.63) is 29.3 Å². The minimum absolute atomic E-state index is 0.0981. The van der Waals surface area contributed by atoms with E-state index in [1.807, 2.05) is 0 Å². The first kappa shape index (κ1) is 10.1. The van der Waals surface area contributed by atoms with Crippen molar-refractivity contribution >= 4 is 5.97 Å². The van der Waals surface area contributed by atoms with E-state index >= 15 is 0 Å². The van der Waals surface area contributed by atoms with Crippen molar-refractivity contribution in [2.75, 3.05) is 7.11 Å². The molecule has 0 aromatic carbocycles. The Kier molecular flexibility index (Phi) is 3.13. The fourth-order valence-electron chi connectivity index (χ4n) is 0.874. The van der Waals surface area contributed by atoms with Crippen LogP contribution in [-0.2, 0) is 16.0 Å². The number of carbonyl (C=O) groups excluding carboxylic acids is 1. The number of hydrogen-bond donors (Lipinski definition) is 0. The molecule has 0 aliphatic heterocycles. The molecule has 0 amide bonds. The lowest BCUT2D eigenvalue weighted by molar-refractivity contribution is -0.139. The summed E-state index contributed by atoms with van der Waals surface area (Å²) in [6, 6.07) is 4.33. The third-order valence-corrected chi connectivity index (χ3v) is 1.58. The zero-order valence-electron chi connectivity index (χ0n) is 7.45. The topological polar surface area (TPSA) is 63.0 Å². The van der Waals surface area contributed by atoms with Crippen molar-refractivity contribution in [1.82, 2.24) is 4.98 Å². The third kappa shape index (κ3) is 2.26. The van der Waals surface area contributed by atoms with Crippen LogP contribution in [0.25, 0.3) is 0 Å². The summed E-state index contributed by atoms with van der Waals surface area (Å²) in [4.78, 5) is 14.2. The number of pyridine rings is 1. The number of rotatable bonds is 2. The van der Waals surface area contributed by atoms with Crippen LogP contribution in [0.2, 0.25) is 0 Å². The van der Waals surface area contributed by atoms with Gasteiger partial charge in [0, 0.05) is 0 Å². The summed E-state index contributed by atoms with van der Waals surface area (Å²) in [6.07, 6.45) is -0.0981. The van der Waals surface area contributed by atoms with Crippen LogP contribution in [0.3, 0.4) is 0 Å². The van der Waals surface area contributed by atoms with Gasteiger partial charge in [0.1, 0.15) is 11.6 Å². The van der Waals surface area contributed by atoms with Gasteiger partial charge in [-0.05, 0) is 12.1 Å². The van der Waals surface area contributed by atoms with E-state index in [0.717, 1.165) is 0 Å². The maximum atomic E-state index is 12.9. The summed E-state index contributed by atoms with van der Waals surface area (Å²) in [5, 5.41) is 8.42. The van der Waals surface area contributed by atoms with Crippen molar-refractivity contribution in [3.8, 4) is 6.07 Å². The molecule has 1 aromatic rings. The maximum absolute atomic E-state index is 12.9. The first-order chi connectivity index (χ1) is 6.67. The predicted octanol–water partition coefficient (Wildman–Crippen LogP) is 0.808. The highest BCUT2D eigenvalue weighted by atomic mass is 19.1. The molecule has 0 fully saturated rings. The first-order valence-corrected chi connectivity index (χ1v) is 3.79. The molecule has 0 saturated heterocycles. The molecule has 5 heteroatoms. The normalized spacial score (nSPS) is 9.21. The molecule has 0 radical (unpaired) electrons. The third-order valence-electron chi connectivity index (χ3n) is 1.58. The Morgan fingerprint density at radius 2 is 2.43 bits per heavy atom. The number of nitriles is 1. The van der Waals surface area contributed by atoms with E-state index < -0.39 is 11.9 Å². The van der Waals surface area contributed by atoms with Gasteiger partial charge in [-0.25, -0.2) is 4.98 Å². The molecule has 0 bridgehead atoms. The number of ether oxygens (including phenoxy) is 1. The molecular weight excluding hydrogens is 187 g/mol. The Hall–Kier alpha value is -1.96. The quantitative estimate of drug-likeness (QED) is 0.516. The summed E-state index contributed by atoms with van der Waals surface area (Å²) in [6.45, 7) is 0. The van der Waals surface area contributed by atoms with Crippen LogP contribution in [-0.4, -0.2) is 18.1 Å². The van der Waals surface area contributed by atoms with Gasteiger partial charge in [0.15, 0.2) is 0 Å². The smallest absolute Gasteiger partial charge is 0.311 e. The van der Waals surface area contributed by atoms with Gasteiger partial charge in [0.25, 0.3) is 0 Å². The molecule has 0 spiro atoms. The van der Waals surface area contributed by atoms with E-state index in [9.17, 15) is 9.18 Å². The van der Waals surface area contributed by atoms with Crippen molar-refractivity contribution in [3.63, 3.8) is 0 Å². The fraction of sp³-hybridized carbons (Fsp3) is 0.222. The van der Waals surface area contributed by atoms with Gasteiger partial charge >= 0.3 is 5.97 Å². The van der Waals surface area contributed by atoms with Crippen LogP contribution in [0.4, 0.5) is 4.39 Å². The highest BCUT2D eigenvalue weighted by molar-refractivity contribution is 5.71. The molecule has 14 heavy (non-hydrogen) atoms. The minimum Gasteiger partial charge on any atom is -0.469 e. The lowest BCUT2D eigenvalue weighted by Crippen LogP contribution is -2.07. The molecular formula is C9H7FN2O2. The van der Waals surface area contributed by atoms with Gasteiger partial charge in [0.05, 0.1) is 19.2 Å². The van der Waals surface area contributed by atoms with Crippen LogP contribution in [0, 0.1) is 17.3 Å². The second-order valence-electron chi connectivity index (χ2n) is 2.51. The predicted molar refractivity (Wildman–Crippen MR) is 44.6 cm³/mol. The second-order valence-corrected chi connectivity index (χ2v) is 2.51. The average molecular weight is 194 g/mol. The largest absolute Gasteiger partial charge is 0.469 e. The highest BCUT2D eigenvalue weighted by Crippen LogP contribution is 2.05. The summed E-state index contributed by atoms with van der Waals surface area (Å²) in [5.41, 5.74) is 0.104. The summed E-state index contributed by atoms with van der Waals surface area (Å²) in [5.74, 6) is -1.37. The number of carbonyl (C=O) groups is 1. The van der Waals surface area contributed by atoms with E-state index in [2.05, 4.69) is 9.72 Å². The number of halogens is 1. The number of nitrogens with zero attached hydrogens (tertiary/aromatic N) is 2. The Bertz CT molecular complexity index is 398. The minimum atomic E-state index is -0.867. The van der Waals surface area contributed by atoms with Gasteiger partial charge in [0.2, 0.25) is 5.95 Å². The van der Waals surface area contributed by atoms with E-state index in [0.29, 0.717) is 0 Å². The van der Waals surface area contributed by atoms with E-state index in [4.69, 9.17) is 5.26 Å². The average Bonchev–Trinajstić information content (AvgIpc) is 2.18.